The molecule has 1 aromatic heterocycles. The summed E-state index contributed by atoms with van der Waals surface area (Å²) in [5, 5.41) is 10.6. The Labute approximate surface area is 105 Å². The number of halogens is 1. The number of carboxylic acid groups (broad SMARTS) is 1. The lowest BCUT2D eigenvalue weighted by molar-refractivity contribution is -0.136. The van der Waals surface area contributed by atoms with E-state index in [0.717, 1.165) is 22.2 Å². The molecule has 0 saturated carbocycles. The van der Waals surface area contributed by atoms with E-state index in [1.807, 2.05) is 36.7 Å². The monoisotopic (exact) mass is 251 g/mol. The number of carboxylic acids is 1. The van der Waals surface area contributed by atoms with E-state index in [1.165, 1.54) is 0 Å². The largest absolute Gasteiger partial charge is 0.481 e. The Morgan fingerprint density at radius 1 is 1.47 bits per heavy atom. The molecule has 0 fully saturated rings. The third kappa shape index (κ3) is 2.15. The second-order valence-electron chi connectivity index (χ2n) is 4.19. The lowest BCUT2D eigenvalue weighted by Gasteiger charge is -2.03. The van der Waals surface area contributed by atoms with E-state index < -0.39 is 5.97 Å². The summed E-state index contributed by atoms with van der Waals surface area (Å²) in [5.41, 5.74) is 3.25. The predicted molar refractivity (Wildman–Crippen MR) is 68.6 cm³/mol. The van der Waals surface area contributed by atoms with Gasteiger partial charge in [0.2, 0.25) is 0 Å². The minimum absolute atomic E-state index is 0.152. The van der Waals surface area contributed by atoms with Gasteiger partial charge in [-0.2, -0.15) is 0 Å². The molecule has 1 N–H and O–H groups in total. The fourth-order valence-corrected chi connectivity index (χ4v) is 2.40. The minimum atomic E-state index is -0.771. The molecule has 0 spiro atoms. The number of carbonyl (C=O) groups is 1. The fraction of sp³-hybridized carbons (Fsp3) is 0.308. The van der Waals surface area contributed by atoms with Gasteiger partial charge >= 0.3 is 5.97 Å². The lowest BCUT2D eigenvalue weighted by atomic mass is 10.1. The Bertz CT molecular complexity index is 587. The van der Waals surface area contributed by atoms with E-state index in [9.17, 15) is 4.79 Å². The van der Waals surface area contributed by atoms with Crippen LogP contribution in [0.4, 0.5) is 0 Å². The van der Waals surface area contributed by atoms with Crippen molar-refractivity contribution in [3.63, 3.8) is 0 Å². The van der Waals surface area contributed by atoms with E-state index in [4.69, 9.17) is 16.7 Å². The van der Waals surface area contributed by atoms with Gasteiger partial charge in [0.25, 0.3) is 0 Å². The van der Waals surface area contributed by atoms with Gasteiger partial charge in [-0.05, 0) is 31.0 Å². The van der Waals surface area contributed by atoms with Crippen molar-refractivity contribution in [2.45, 2.75) is 19.8 Å². The molecular formula is C13H14ClNO2. The molecular weight excluding hydrogens is 238 g/mol. The maximum atomic E-state index is 10.6. The number of fused-ring (bicyclic) bond motifs is 1. The number of benzene rings is 1. The Kier molecular flexibility index (Phi) is 3.11. The standard InChI is InChI=1S/C13H14ClNO2/c1-8-10-4-3-9(14)7-12(10)15(2)11(8)5-6-13(16)17/h3-4,7H,5-6H2,1-2H3,(H,16,17). The molecule has 17 heavy (non-hydrogen) atoms. The van der Waals surface area contributed by atoms with Crippen LogP contribution in [0, 0.1) is 6.92 Å². The van der Waals surface area contributed by atoms with Gasteiger partial charge in [0.1, 0.15) is 0 Å². The Hall–Kier alpha value is -1.48. The molecule has 1 heterocycles. The summed E-state index contributed by atoms with van der Waals surface area (Å²) in [5.74, 6) is -0.771. The number of aliphatic carboxylic acids is 1. The summed E-state index contributed by atoms with van der Waals surface area (Å²) >= 11 is 5.97. The molecule has 0 aliphatic carbocycles. The zero-order chi connectivity index (χ0) is 12.6. The molecule has 0 amide bonds. The van der Waals surface area contributed by atoms with Gasteiger partial charge in [-0.1, -0.05) is 17.7 Å². The fourth-order valence-electron chi connectivity index (χ4n) is 2.23. The van der Waals surface area contributed by atoms with Crippen LogP contribution in [0.1, 0.15) is 17.7 Å². The molecule has 0 aliphatic heterocycles. The van der Waals surface area contributed by atoms with Crippen LogP contribution in [0.15, 0.2) is 18.2 Å². The second-order valence-corrected chi connectivity index (χ2v) is 4.62. The summed E-state index contributed by atoms with van der Waals surface area (Å²) in [6, 6.07) is 5.75. The molecule has 4 heteroatoms. The van der Waals surface area contributed by atoms with Crippen LogP contribution in [-0.4, -0.2) is 15.6 Å². The van der Waals surface area contributed by atoms with Crippen molar-refractivity contribution >= 4 is 28.5 Å². The number of aryl methyl sites for hydroxylation is 2. The van der Waals surface area contributed by atoms with Gasteiger partial charge in [0.15, 0.2) is 0 Å². The number of rotatable bonds is 3. The van der Waals surface area contributed by atoms with Gasteiger partial charge in [-0.15, -0.1) is 0 Å². The average molecular weight is 252 g/mol. The van der Waals surface area contributed by atoms with Crippen LogP contribution >= 0.6 is 11.6 Å². The molecule has 1 aromatic carbocycles. The molecule has 0 unspecified atom stereocenters. The molecule has 0 aliphatic rings. The number of nitrogens with zero attached hydrogens (tertiary/aromatic N) is 1. The molecule has 3 nitrogen and oxygen atoms in total. The van der Waals surface area contributed by atoms with Crippen molar-refractivity contribution in [3.8, 4) is 0 Å². The first kappa shape index (κ1) is 12.0. The average Bonchev–Trinajstić information content (AvgIpc) is 2.49. The van der Waals surface area contributed by atoms with Gasteiger partial charge < -0.3 is 9.67 Å². The van der Waals surface area contributed by atoms with Crippen LogP contribution in [0.5, 0.6) is 0 Å². The normalized spacial score (nSPS) is 11.0. The summed E-state index contributed by atoms with van der Waals surface area (Å²) in [7, 11) is 1.95. The van der Waals surface area contributed by atoms with Crippen LogP contribution in [0.25, 0.3) is 10.9 Å². The summed E-state index contributed by atoms with van der Waals surface area (Å²) < 4.78 is 2.03. The van der Waals surface area contributed by atoms with Crippen LogP contribution in [0.2, 0.25) is 5.02 Å². The summed E-state index contributed by atoms with van der Waals surface area (Å²) in [4.78, 5) is 10.6. The van der Waals surface area contributed by atoms with Crippen molar-refractivity contribution in [1.82, 2.24) is 4.57 Å². The first-order chi connectivity index (χ1) is 8.00. The minimum Gasteiger partial charge on any atom is -0.481 e. The zero-order valence-corrected chi connectivity index (χ0v) is 10.6. The Morgan fingerprint density at radius 3 is 2.82 bits per heavy atom. The Balaban J connectivity index is 2.52. The highest BCUT2D eigenvalue weighted by atomic mass is 35.5. The van der Waals surface area contributed by atoms with Crippen molar-refractivity contribution in [2.24, 2.45) is 7.05 Å². The number of hydrogen-bond acceptors (Lipinski definition) is 1. The molecule has 0 radical (unpaired) electrons. The van der Waals surface area contributed by atoms with Gasteiger partial charge in [-0.25, -0.2) is 0 Å². The molecule has 90 valence electrons. The van der Waals surface area contributed by atoms with E-state index in [1.54, 1.807) is 0 Å². The van der Waals surface area contributed by atoms with Crippen LogP contribution in [-0.2, 0) is 18.3 Å². The summed E-state index contributed by atoms with van der Waals surface area (Å²) in [6.45, 7) is 2.02. The smallest absolute Gasteiger partial charge is 0.303 e. The van der Waals surface area contributed by atoms with Crippen molar-refractivity contribution < 1.29 is 9.90 Å². The molecule has 2 rings (SSSR count). The second kappa shape index (κ2) is 4.41. The number of hydrogen-bond donors (Lipinski definition) is 1. The molecule has 0 saturated heterocycles. The van der Waals surface area contributed by atoms with E-state index >= 15 is 0 Å². The van der Waals surface area contributed by atoms with Crippen molar-refractivity contribution in [1.29, 1.82) is 0 Å². The SMILES string of the molecule is Cc1c(CCC(=O)O)n(C)c2cc(Cl)ccc12. The number of aromatic nitrogens is 1. The van der Waals surface area contributed by atoms with Crippen molar-refractivity contribution in [3.05, 3.63) is 34.5 Å². The van der Waals surface area contributed by atoms with Gasteiger partial charge in [0, 0.05) is 28.7 Å². The maximum Gasteiger partial charge on any atom is 0.303 e. The molecule has 0 bridgehead atoms. The van der Waals surface area contributed by atoms with Crippen molar-refractivity contribution in [2.75, 3.05) is 0 Å². The molecule has 0 atom stereocenters. The van der Waals surface area contributed by atoms with E-state index in [2.05, 4.69) is 0 Å². The Morgan fingerprint density at radius 2 is 2.18 bits per heavy atom. The summed E-state index contributed by atoms with van der Waals surface area (Å²) in [6.07, 6.45) is 0.697. The van der Waals surface area contributed by atoms with Crippen LogP contribution in [0.3, 0.4) is 0 Å². The van der Waals surface area contributed by atoms with Crippen LogP contribution < -0.4 is 0 Å². The highest BCUT2D eigenvalue weighted by molar-refractivity contribution is 6.31. The third-order valence-corrected chi connectivity index (χ3v) is 3.37. The zero-order valence-electron chi connectivity index (χ0n) is 9.83. The first-order valence-electron chi connectivity index (χ1n) is 5.46. The highest BCUT2D eigenvalue weighted by Gasteiger charge is 2.12. The maximum absolute atomic E-state index is 10.6. The van der Waals surface area contributed by atoms with E-state index in [0.29, 0.717) is 11.4 Å². The highest BCUT2D eigenvalue weighted by Crippen LogP contribution is 2.27. The predicted octanol–water partition coefficient (Wildman–Crippen LogP) is 3.16. The quantitative estimate of drug-likeness (QED) is 0.911. The lowest BCUT2D eigenvalue weighted by Crippen LogP contribution is -2.03. The first-order valence-corrected chi connectivity index (χ1v) is 5.83. The molecule has 2 aromatic rings. The van der Waals surface area contributed by atoms with Gasteiger partial charge in [-0.3, -0.25) is 4.79 Å². The van der Waals surface area contributed by atoms with E-state index in [-0.39, 0.29) is 6.42 Å². The van der Waals surface area contributed by atoms with Gasteiger partial charge in [0.05, 0.1) is 6.42 Å². The third-order valence-electron chi connectivity index (χ3n) is 3.14. The topological polar surface area (TPSA) is 42.2 Å².